The Kier molecular flexibility index (Phi) is 7.91. The number of nitrogens with zero attached hydrogens (tertiary/aromatic N) is 1. The van der Waals surface area contributed by atoms with Gasteiger partial charge in [0.15, 0.2) is 0 Å². The van der Waals surface area contributed by atoms with Gasteiger partial charge in [0.25, 0.3) is 0 Å². The molecule has 1 rings (SSSR count). The molecule has 4 nitrogen and oxygen atoms in total. The van der Waals surface area contributed by atoms with Crippen LogP contribution in [0.2, 0.25) is 0 Å². The molecule has 0 spiro atoms. The van der Waals surface area contributed by atoms with Crippen molar-refractivity contribution in [2.75, 3.05) is 34.0 Å². The van der Waals surface area contributed by atoms with Gasteiger partial charge in [-0.1, -0.05) is 13.3 Å². The quantitative estimate of drug-likeness (QED) is 0.733. The fourth-order valence-electron chi connectivity index (χ4n) is 3.25. The molecule has 1 aliphatic rings. The normalized spacial score (nSPS) is 29.7. The van der Waals surface area contributed by atoms with Crippen molar-refractivity contribution in [2.45, 2.75) is 57.7 Å². The van der Waals surface area contributed by atoms with Crippen LogP contribution in [0.3, 0.4) is 0 Å². The minimum absolute atomic E-state index is 0.291. The predicted octanol–water partition coefficient (Wildman–Crippen LogP) is 1.88. The van der Waals surface area contributed by atoms with Crippen LogP contribution in [0.5, 0.6) is 0 Å². The molecule has 114 valence electrons. The van der Waals surface area contributed by atoms with Crippen molar-refractivity contribution in [3.63, 3.8) is 0 Å². The maximum Gasteiger partial charge on any atom is 0.0615 e. The van der Waals surface area contributed by atoms with Crippen molar-refractivity contribution >= 4 is 0 Å². The van der Waals surface area contributed by atoms with E-state index in [1.165, 1.54) is 19.3 Å². The Morgan fingerprint density at radius 3 is 2.58 bits per heavy atom. The first-order valence-electron chi connectivity index (χ1n) is 7.63. The Hall–Kier alpha value is -0.160. The molecule has 0 amide bonds. The molecule has 4 atom stereocenters. The Bertz CT molecular complexity index is 238. The van der Waals surface area contributed by atoms with E-state index in [1.807, 2.05) is 0 Å². The smallest absolute Gasteiger partial charge is 0.0615 e. The highest BCUT2D eigenvalue weighted by Crippen LogP contribution is 2.30. The lowest BCUT2D eigenvalue weighted by molar-refractivity contribution is 0.0191. The third kappa shape index (κ3) is 5.03. The van der Waals surface area contributed by atoms with Crippen LogP contribution in [0, 0.1) is 5.92 Å². The summed E-state index contributed by atoms with van der Waals surface area (Å²) in [5.41, 5.74) is 6.38. The maximum absolute atomic E-state index is 6.38. The minimum atomic E-state index is 0.291. The lowest BCUT2D eigenvalue weighted by atomic mass is 9.80. The Labute approximate surface area is 118 Å². The highest BCUT2D eigenvalue weighted by atomic mass is 16.5. The van der Waals surface area contributed by atoms with E-state index in [9.17, 15) is 0 Å². The van der Waals surface area contributed by atoms with Gasteiger partial charge in [-0.3, -0.25) is 4.90 Å². The van der Waals surface area contributed by atoms with Crippen LogP contribution in [0.15, 0.2) is 0 Å². The second-order valence-corrected chi connectivity index (χ2v) is 5.85. The first-order chi connectivity index (χ1) is 9.13. The zero-order chi connectivity index (χ0) is 14.3. The summed E-state index contributed by atoms with van der Waals surface area (Å²) in [5, 5.41) is 0. The lowest BCUT2D eigenvalue weighted by Crippen LogP contribution is -2.55. The number of hydrogen-bond donors (Lipinski definition) is 1. The minimum Gasteiger partial charge on any atom is -0.383 e. The molecule has 0 aromatic carbocycles. The highest BCUT2D eigenvalue weighted by molar-refractivity contribution is 4.91. The molecule has 0 saturated heterocycles. The second-order valence-electron chi connectivity index (χ2n) is 5.85. The standard InChI is InChI=1S/C15H32N2O2/c1-5-13-6-7-14(16)15(10-13)17(8-9-18-3)12(2)11-19-4/h12-15H,5-11,16H2,1-4H3. The molecule has 1 aliphatic carbocycles. The summed E-state index contributed by atoms with van der Waals surface area (Å²) in [5.74, 6) is 0.824. The van der Waals surface area contributed by atoms with E-state index in [-0.39, 0.29) is 0 Å². The van der Waals surface area contributed by atoms with Gasteiger partial charge in [0.1, 0.15) is 0 Å². The van der Waals surface area contributed by atoms with E-state index < -0.39 is 0 Å². The van der Waals surface area contributed by atoms with E-state index in [2.05, 4.69) is 18.7 Å². The van der Waals surface area contributed by atoms with Gasteiger partial charge in [-0.15, -0.1) is 0 Å². The van der Waals surface area contributed by atoms with E-state index in [4.69, 9.17) is 15.2 Å². The molecule has 0 radical (unpaired) electrons. The summed E-state index contributed by atoms with van der Waals surface area (Å²) in [4.78, 5) is 2.50. The predicted molar refractivity (Wildman–Crippen MR) is 79.3 cm³/mol. The van der Waals surface area contributed by atoms with Crippen LogP contribution in [-0.2, 0) is 9.47 Å². The summed E-state index contributed by atoms with van der Waals surface area (Å²) in [6.07, 6.45) is 4.91. The molecule has 0 aromatic heterocycles. The van der Waals surface area contributed by atoms with E-state index in [0.717, 1.165) is 32.1 Å². The monoisotopic (exact) mass is 272 g/mol. The molecular formula is C15H32N2O2. The molecule has 1 fully saturated rings. The van der Waals surface area contributed by atoms with Gasteiger partial charge >= 0.3 is 0 Å². The fraction of sp³-hybridized carbons (Fsp3) is 1.00. The molecule has 4 unspecified atom stereocenters. The molecule has 0 bridgehead atoms. The van der Waals surface area contributed by atoms with Crippen LogP contribution >= 0.6 is 0 Å². The van der Waals surface area contributed by atoms with Crippen LogP contribution in [-0.4, -0.2) is 57.0 Å². The largest absolute Gasteiger partial charge is 0.383 e. The van der Waals surface area contributed by atoms with E-state index in [1.54, 1.807) is 14.2 Å². The number of hydrogen-bond acceptors (Lipinski definition) is 4. The summed E-state index contributed by atoms with van der Waals surface area (Å²) in [6, 6.07) is 1.16. The summed E-state index contributed by atoms with van der Waals surface area (Å²) >= 11 is 0. The van der Waals surface area contributed by atoms with Crippen molar-refractivity contribution in [1.29, 1.82) is 0 Å². The maximum atomic E-state index is 6.38. The fourth-order valence-corrected chi connectivity index (χ4v) is 3.25. The van der Waals surface area contributed by atoms with Gasteiger partial charge in [0.05, 0.1) is 13.2 Å². The molecular weight excluding hydrogens is 240 g/mol. The second kappa shape index (κ2) is 8.90. The lowest BCUT2D eigenvalue weighted by Gasteiger charge is -2.43. The zero-order valence-corrected chi connectivity index (χ0v) is 13.1. The van der Waals surface area contributed by atoms with Crippen LogP contribution in [0.25, 0.3) is 0 Å². The molecule has 0 aromatic rings. The Morgan fingerprint density at radius 2 is 2.00 bits per heavy atom. The average molecular weight is 272 g/mol. The van der Waals surface area contributed by atoms with Gasteiger partial charge in [-0.25, -0.2) is 0 Å². The highest BCUT2D eigenvalue weighted by Gasteiger charge is 2.33. The molecule has 19 heavy (non-hydrogen) atoms. The van der Waals surface area contributed by atoms with Gasteiger partial charge in [-0.05, 0) is 32.1 Å². The number of nitrogens with two attached hydrogens (primary N) is 1. The van der Waals surface area contributed by atoms with Crippen LogP contribution in [0.4, 0.5) is 0 Å². The van der Waals surface area contributed by atoms with Crippen molar-refractivity contribution < 1.29 is 9.47 Å². The van der Waals surface area contributed by atoms with Crippen molar-refractivity contribution in [1.82, 2.24) is 4.90 Å². The number of ether oxygens (including phenoxy) is 2. The van der Waals surface area contributed by atoms with E-state index >= 15 is 0 Å². The van der Waals surface area contributed by atoms with E-state index in [0.29, 0.717) is 18.1 Å². The van der Waals surface area contributed by atoms with Crippen molar-refractivity contribution in [3.8, 4) is 0 Å². The molecule has 4 heteroatoms. The number of rotatable bonds is 8. The Morgan fingerprint density at radius 1 is 1.26 bits per heavy atom. The topological polar surface area (TPSA) is 47.7 Å². The summed E-state index contributed by atoms with van der Waals surface area (Å²) < 4.78 is 10.6. The molecule has 1 saturated carbocycles. The third-order valence-corrected chi connectivity index (χ3v) is 4.51. The third-order valence-electron chi connectivity index (χ3n) is 4.51. The average Bonchev–Trinajstić information content (AvgIpc) is 2.41. The van der Waals surface area contributed by atoms with Crippen LogP contribution < -0.4 is 5.73 Å². The summed E-state index contributed by atoms with van der Waals surface area (Å²) in [7, 11) is 3.52. The first-order valence-corrected chi connectivity index (χ1v) is 7.63. The Balaban J connectivity index is 2.69. The number of methoxy groups -OCH3 is 2. The SMILES string of the molecule is CCC1CCC(N)C(N(CCOC)C(C)COC)C1. The van der Waals surface area contributed by atoms with Gasteiger partial charge < -0.3 is 15.2 Å². The van der Waals surface area contributed by atoms with Crippen LogP contribution in [0.1, 0.15) is 39.5 Å². The molecule has 2 N–H and O–H groups in total. The van der Waals surface area contributed by atoms with Crippen molar-refractivity contribution in [3.05, 3.63) is 0 Å². The summed E-state index contributed by atoms with van der Waals surface area (Å²) in [6.45, 7) is 6.96. The first kappa shape index (κ1) is 16.9. The molecule has 0 heterocycles. The van der Waals surface area contributed by atoms with Gasteiger partial charge in [-0.2, -0.15) is 0 Å². The van der Waals surface area contributed by atoms with Gasteiger partial charge in [0, 0.05) is 38.9 Å². The molecule has 0 aliphatic heterocycles. The van der Waals surface area contributed by atoms with Crippen molar-refractivity contribution in [2.24, 2.45) is 11.7 Å². The van der Waals surface area contributed by atoms with Gasteiger partial charge in [0.2, 0.25) is 0 Å². The zero-order valence-electron chi connectivity index (χ0n) is 13.1.